The highest BCUT2D eigenvalue weighted by Gasteiger charge is 2.32. The van der Waals surface area contributed by atoms with E-state index in [1.165, 1.54) is 18.7 Å². The van der Waals surface area contributed by atoms with Crippen molar-refractivity contribution in [2.75, 3.05) is 5.75 Å². The molecule has 1 aliphatic heterocycles. The molecule has 8 heteroatoms. The summed E-state index contributed by atoms with van der Waals surface area (Å²) in [6.07, 6.45) is -0.401. The van der Waals surface area contributed by atoms with E-state index >= 15 is 0 Å². The minimum atomic E-state index is -0.954. The number of benzene rings is 3. The summed E-state index contributed by atoms with van der Waals surface area (Å²) >= 11 is 1.46. The molecule has 0 saturated carbocycles. The quantitative estimate of drug-likeness (QED) is 0.356. The maximum absolute atomic E-state index is 11.6. The van der Waals surface area contributed by atoms with Crippen molar-refractivity contribution in [2.45, 2.75) is 49.9 Å². The van der Waals surface area contributed by atoms with E-state index in [1.807, 2.05) is 60.7 Å². The van der Waals surface area contributed by atoms with Crippen LogP contribution in [0.3, 0.4) is 0 Å². The third kappa shape index (κ3) is 6.73. The van der Waals surface area contributed by atoms with Crippen molar-refractivity contribution in [2.24, 2.45) is 0 Å². The number of nitrogens with one attached hydrogen (secondary N) is 1. The molecule has 1 heterocycles. The van der Waals surface area contributed by atoms with Crippen molar-refractivity contribution in [1.29, 1.82) is 0 Å². The molecule has 0 bridgehead atoms. The summed E-state index contributed by atoms with van der Waals surface area (Å²) in [6.45, 7) is 1.91. The van der Waals surface area contributed by atoms with Crippen LogP contribution in [0.1, 0.15) is 58.4 Å². The molecule has 0 aliphatic carbocycles. The van der Waals surface area contributed by atoms with Gasteiger partial charge < -0.3 is 25.0 Å². The van der Waals surface area contributed by atoms with Crippen molar-refractivity contribution in [3.8, 4) is 0 Å². The number of ether oxygens (including phenoxy) is 2. The van der Waals surface area contributed by atoms with Gasteiger partial charge in [-0.15, -0.1) is 11.8 Å². The number of hydrogen-bond acceptors (Lipinski definition) is 6. The first-order valence-electron chi connectivity index (χ1n) is 11.7. The second kappa shape index (κ2) is 12.2. The van der Waals surface area contributed by atoms with E-state index in [9.17, 15) is 19.8 Å². The molecule has 4 rings (SSSR count). The molecule has 3 atom stereocenters. The van der Waals surface area contributed by atoms with Crippen LogP contribution in [-0.4, -0.2) is 33.9 Å². The number of carbonyl (C=O) groups excluding carboxylic acids is 1. The van der Waals surface area contributed by atoms with Crippen molar-refractivity contribution in [3.63, 3.8) is 0 Å². The molecule has 3 aromatic carbocycles. The second-order valence-corrected chi connectivity index (χ2v) is 9.68. The van der Waals surface area contributed by atoms with Crippen molar-refractivity contribution >= 4 is 23.6 Å². The monoisotopic (exact) mass is 507 g/mol. The number of aromatic carboxylic acids is 1. The number of carbonyl (C=O) groups is 2. The van der Waals surface area contributed by atoms with E-state index in [2.05, 4.69) is 5.32 Å². The molecule has 188 valence electrons. The average Bonchev–Trinajstić information content (AvgIpc) is 2.91. The zero-order valence-corrected chi connectivity index (χ0v) is 20.7. The summed E-state index contributed by atoms with van der Waals surface area (Å²) in [6, 6.07) is 22.4. The first-order valence-corrected chi connectivity index (χ1v) is 12.7. The number of rotatable bonds is 9. The highest BCUT2D eigenvalue weighted by molar-refractivity contribution is 7.99. The lowest BCUT2D eigenvalue weighted by atomic mass is 10.0. The first kappa shape index (κ1) is 25.9. The lowest BCUT2D eigenvalue weighted by molar-refractivity contribution is -0.245. The second-order valence-electron chi connectivity index (χ2n) is 8.61. The van der Waals surface area contributed by atoms with Crippen LogP contribution >= 0.6 is 11.8 Å². The highest BCUT2D eigenvalue weighted by Crippen LogP contribution is 2.39. The van der Waals surface area contributed by atoms with Gasteiger partial charge in [0, 0.05) is 36.1 Å². The van der Waals surface area contributed by atoms with E-state index < -0.39 is 12.3 Å². The standard InChI is InChI=1S/C28H29NO6S/c1-18(31)29-15-19-6-12-22(13-7-19)28-34-23(17-36-26-5-3-2-4-24(26)27(32)33)14-25(35-28)21-10-8-20(16-30)9-11-21/h2-13,23,25,28,30H,14-17H2,1H3,(H,29,31)(H,32,33). The predicted octanol–water partition coefficient (Wildman–Crippen LogP) is 4.85. The fraction of sp³-hybridized carbons (Fsp3) is 0.286. The average molecular weight is 508 g/mol. The van der Waals surface area contributed by atoms with Gasteiger partial charge in [0.25, 0.3) is 0 Å². The molecule has 1 amide bonds. The maximum Gasteiger partial charge on any atom is 0.336 e. The number of hydrogen-bond donors (Lipinski definition) is 3. The summed E-state index contributed by atoms with van der Waals surface area (Å²) in [4.78, 5) is 23.5. The number of carboxylic acids is 1. The van der Waals surface area contributed by atoms with Crippen molar-refractivity contribution in [1.82, 2.24) is 5.32 Å². The fourth-order valence-corrected chi connectivity index (χ4v) is 5.06. The normalized spacial score (nSPS) is 19.6. The Balaban J connectivity index is 1.52. The third-order valence-corrected chi connectivity index (χ3v) is 7.16. The van der Waals surface area contributed by atoms with Gasteiger partial charge in [0.15, 0.2) is 6.29 Å². The Morgan fingerprint density at radius 1 is 0.944 bits per heavy atom. The number of aliphatic hydroxyl groups excluding tert-OH is 1. The smallest absolute Gasteiger partial charge is 0.336 e. The molecule has 1 aliphatic rings. The fourth-order valence-electron chi connectivity index (χ4n) is 3.99. The Labute approximate surface area is 214 Å². The first-order chi connectivity index (χ1) is 17.4. The lowest BCUT2D eigenvalue weighted by Crippen LogP contribution is -2.31. The van der Waals surface area contributed by atoms with E-state index in [0.717, 1.165) is 22.3 Å². The van der Waals surface area contributed by atoms with Gasteiger partial charge in [-0.3, -0.25) is 4.79 Å². The third-order valence-electron chi connectivity index (χ3n) is 5.95. The summed E-state index contributed by atoms with van der Waals surface area (Å²) in [7, 11) is 0. The molecule has 36 heavy (non-hydrogen) atoms. The molecule has 1 fully saturated rings. The molecule has 3 aromatic rings. The summed E-state index contributed by atoms with van der Waals surface area (Å²) in [5, 5.41) is 21.7. The Kier molecular flexibility index (Phi) is 8.77. The van der Waals surface area contributed by atoms with Gasteiger partial charge in [-0.1, -0.05) is 60.7 Å². The van der Waals surface area contributed by atoms with Crippen molar-refractivity contribution in [3.05, 3.63) is 101 Å². The Hall–Kier alpha value is -3.17. The van der Waals surface area contributed by atoms with Crippen molar-refractivity contribution < 1.29 is 29.3 Å². The molecule has 0 radical (unpaired) electrons. The largest absolute Gasteiger partial charge is 0.478 e. The van der Waals surface area contributed by atoms with Gasteiger partial charge in [-0.2, -0.15) is 0 Å². The summed E-state index contributed by atoms with van der Waals surface area (Å²) in [5.74, 6) is -0.473. The van der Waals surface area contributed by atoms with E-state index in [1.54, 1.807) is 12.1 Å². The van der Waals surface area contributed by atoms with Crippen LogP contribution in [0.2, 0.25) is 0 Å². The molecular weight excluding hydrogens is 478 g/mol. The number of aliphatic hydroxyl groups is 1. The topological polar surface area (TPSA) is 105 Å². The van der Waals surface area contributed by atoms with Crippen LogP contribution in [0.15, 0.2) is 77.7 Å². The minimum Gasteiger partial charge on any atom is -0.478 e. The SMILES string of the molecule is CC(=O)NCc1ccc(C2OC(CSc3ccccc3C(=O)O)CC(c3ccc(CO)cc3)O2)cc1. The summed E-state index contributed by atoms with van der Waals surface area (Å²) in [5.41, 5.74) is 3.92. The number of thioether (sulfide) groups is 1. The van der Waals surface area contributed by atoms with E-state index in [0.29, 0.717) is 23.6 Å². The summed E-state index contributed by atoms with van der Waals surface area (Å²) < 4.78 is 12.7. The molecule has 1 saturated heterocycles. The number of amides is 1. The van der Waals surface area contributed by atoms with E-state index in [4.69, 9.17) is 9.47 Å². The number of carboxylic acid groups (broad SMARTS) is 1. The van der Waals surface area contributed by atoms with Gasteiger partial charge in [0.05, 0.1) is 24.4 Å². The van der Waals surface area contributed by atoms with E-state index in [-0.39, 0.29) is 30.3 Å². The Bertz CT molecular complexity index is 1180. The van der Waals surface area contributed by atoms with Crippen LogP contribution in [0, 0.1) is 0 Å². The van der Waals surface area contributed by atoms with Gasteiger partial charge >= 0.3 is 5.97 Å². The van der Waals surface area contributed by atoms with Crippen LogP contribution < -0.4 is 5.32 Å². The predicted molar refractivity (Wildman–Crippen MR) is 137 cm³/mol. The van der Waals surface area contributed by atoms with Gasteiger partial charge in [-0.25, -0.2) is 4.79 Å². The van der Waals surface area contributed by atoms with Gasteiger partial charge in [0.2, 0.25) is 5.91 Å². The minimum absolute atomic E-state index is 0.0232. The van der Waals surface area contributed by atoms with Gasteiger partial charge in [0.1, 0.15) is 0 Å². The molecule has 3 unspecified atom stereocenters. The Morgan fingerprint density at radius 3 is 2.28 bits per heavy atom. The maximum atomic E-state index is 11.6. The zero-order chi connectivity index (χ0) is 25.5. The van der Waals surface area contributed by atoms with Gasteiger partial charge in [-0.05, 0) is 28.8 Å². The lowest BCUT2D eigenvalue weighted by Gasteiger charge is -2.36. The molecule has 7 nitrogen and oxygen atoms in total. The molecule has 3 N–H and O–H groups in total. The zero-order valence-electron chi connectivity index (χ0n) is 19.9. The van der Waals surface area contributed by atoms with Crippen LogP contribution in [-0.2, 0) is 27.4 Å². The Morgan fingerprint density at radius 2 is 1.61 bits per heavy atom. The van der Waals surface area contributed by atoms with Crippen LogP contribution in [0.4, 0.5) is 0 Å². The molecule has 0 spiro atoms. The molecular formula is C28H29NO6S. The molecule has 0 aromatic heterocycles. The highest BCUT2D eigenvalue weighted by atomic mass is 32.2. The van der Waals surface area contributed by atoms with Crippen LogP contribution in [0.5, 0.6) is 0 Å². The van der Waals surface area contributed by atoms with Crippen LogP contribution in [0.25, 0.3) is 0 Å².